The van der Waals surface area contributed by atoms with Gasteiger partial charge in [-0.05, 0) is 30.3 Å². The molecule has 0 radical (unpaired) electrons. The van der Waals surface area contributed by atoms with Gasteiger partial charge in [0.15, 0.2) is 0 Å². The molecule has 1 heterocycles. The van der Waals surface area contributed by atoms with E-state index in [4.69, 9.17) is 11.6 Å². The predicted molar refractivity (Wildman–Crippen MR) is 90.0 cm³/mol. The Morgan fingerprint density at radius 1 is 1.24 bits per heavy atom. The van der Waals surface area contributed by atoms with E-state index >= 15 is 0 Å². The van der Waals surface area contributed by atoms with Crippen LogP contribution in [0.25, 0.3) is 0 Å². The standard InChI is InChI=1S/C16H16BrClN2O/c1-16(2,3)13-7-10(8-14(18)20-13)15(21)19-12-6-4-5-11(17)9-12/h4-9H,1-3H3,(H,19,21). The molecule has 0 spiro atoms. The van der Waals surface area contributed by atoms with Crippen molar-refractivity contribution in [2.24, 2.45) is 0 Å². The molecule has 21 heavy (non-hydrogen) atoms. The average Bonchev–Trinajstić information content (AvgIpc) is 2.37. The third-order valence-electron chi connectivity index (χ3n) is 2.91. The normalized spacial score (nSPS) is 11.3. The minimum atomic E-state index is -0.206. The number of carbonyl (C=O) groups is 1. The van der Waals surface area contributed by atoms with Crippen molar-refractivity contribution in [1.29, 1.82) is 0 Å². The lowest BCUT2D eigenvalue weighted by Gasteiger charge is -2.18. The van der Waals surface area contributed by atoms with Crippen molar-refractivity contribution in [3.63, 3.8) is 0 Å². The molecule has 1 aromatic heterocycles. The maximum Gasteiger partial charge on any atom is 0.255 e. The smallest absolute Gasteiger partial charge is 0.255 e. The van der Waals surface area contributed by atoms with Gasteiger partial charge in [-0.15, -0.1) is 0 Å². The first kappa shape index (κ1) is 16.0. The molecule has 0 atom stereocenters. The highest BCUT2D eigenvalue weighted by Crippen LogP contribution is 2.24. The van der Waals surface area contributed by atoms with Gasteiger partial charge in [-0.1, -0.05) is 54.4 Å². The molecule has 110 valence electrons. The SMILES string of the molecule is CC(C)(C)c1cc(C(=O)Nc2cccc(Br)c2)cc(Cl)n1. The molecule has 5 heteroatoms. The van der Waals surface area contributed by atoms with Gasteiger partial charge < -0.3 is 5.32 Å². The molecular formula is C16H16BrClN2O. The summed E-state index contributed by atoms with van der Waals surface area (Å²) in [6.45, 7) is 6.09. The van der Waals surface area contributed by atoms with Crippen molar-refractivity contribution >= 4 is 39.1 Å². The van der Waals surface area contributed by atoms with E-state index in [1.807, 2.05) is 45.0 Å². The lowest BCUT2D eigenvalue weighted by molar-refractivity contribution is 0.102. The molecule has 0 bridgehead atoms. The van der Waals surface area contributed by atoms with Crippen LogP contribution in [0.15, 0.2) is 40.9 Å². The number of hydrogen-bond donors (Lipinski definition) is 1. The van der Waals surface area contributed by atoms with Crippen LogP contribution in [0.5, 0.6) is 0 Å². The first-order valence-corrected chi connectivity index (χ1v) is 7.68. The molecule has 0 saturated heterocycles. The number of carbonyl (C=O) groups excluding carboxylic acids is 1. The number of nitrogens with zero attached hydrogens (tertiary/aromatic N) is 1. The molecule has 0 aliphatic heterocycles. The monoisotopic (exact) mass is 366 g/mol. The van der Waals surface area contributed by atoms with E-state index < -0.39 is 0 Å². The molecule has 1 amide bonds. The molecule has 0 aliphatic rings. The summed E-state index contributed by atoms with van der Waals surface area (Å²) < 4.78 is 0.906. The van der Waals surface area contributed by atoms with E-state index in [0.717, 1.165) is 15.9 Å². The van der Waals surface area contributed by atoms with Gasteiger partial charge in [-0.2, -0.15) is 0 Å². The maximum absolute atomic E-state index is 12.3. The van der Waals surface area contributed by atoms with Crippen molar-refractivity contribution in [3.05, 3.63) is 57.3 Å². The minimum absolute atomic E-state index is 0.171. The van der Waals surface area contributed by atoms with E-state index in [0.29, 0.717) is 10.7 Å². The molecule has 2 rings (SSSR count). The zero-order chi connectivity index (χ0) is 15.6. The van der Waals surface area contributed by atoms with E-state index in [1.54, 1.807) is 12.1 Å². The highest BCUT2D eigenvalue weighted by Gasteiger charge is 2.19. The minimum Gasteiger partial charge on any atom is -0.322 e. The Bertz CT molecular complexity index is 680. The molecular weight excluding hydrogens is 352 g/mol. The zero-order valence-electron chi connectivity index (χ0n) is 12.1. The van der Waals surface area contributed by atoms with E-state index in [2.05, 4.69) is 26.2 Å². The van der Waals surface area contributed by atoms with Gasteiger partial charge in [0.2, 0.25) is 0 Å². The van der Waals surface area contributed by atoms with Crippen LogP contribution in [-0.2, 0) is 5.41 Å². The van der Waals surface area contributed by atoms with Crippen LogP contribution in [-0.4, -0.2) is 10.9 Å². The Hall–Kier alpha value is -1.39. The largest absolute Gasteiger partial charge is 0.322 e. The van der Waals surface area contributed by atoms with E-state index in [-0.39, 0.29) is 11.3 Å². The topological polar surface area (TPSA) is 42.0 Å². The number of anilines is 1. The summed E-state index contributed by atoms with van der Waals surface area (Å²) in [7, 11) is 0. The Labute approximate surface area is 137 Å². The second-order valence-corrected chi connectivity index (χ2v) is 7.08. The van der Waals surface area contributed by atoms with Gasteiger partial charge in [-0.3, -0.25) is 4.79 Å². The summed E-state index contributed by atoms with van der Waals surface area (Å²) >= 11 is 9.40. The number of amides is 1. The number of benzene rings is 1. The Morgan fingerprint density at radius 3 is 2.57 bits per heavy atom. The lowest BCUT2D eigenvalue weighted by Crippen LogP contribution is -2.17. The number of pyridine rings is 1. The van der Waals surface area contributed by atoms with Gasteiger partial charge in [0.1, 0.15) is 5.15 Å². The van der Waals surface area contributed by atoms with Gasteiger partial charge >= 0.3 is 0 Å². The summed E-state index contributed by atoms with van der Waals surface area (Å²) in [5, 5.41) is 3.17. The highest BCUT2D eigenvalue weighted by atomic mass is 79.9. The number of aromatic nitrogens is 1. The maximum atomic E-state index is 12.3. The van der Waals surface area contributed by atoms with Crippen molar-refractivity contribution in [2.45, 2.75) is 26.2 Å². The quantitative estimate of drug-likeness (QED) is 0.755. The molecule has 2 aromatic rings. The van der Waals surface area contributed by atoms with Crippen LogP contribution in [0, 0.1) is 0 Å². The number of rotatable bonds is 2. The fraction of sp³-hybridized carbons (Fsp3) is 0.250. The van der Waals surface area contributed by atoms with Crippen molar-refractivity contribution in [1.82, 2.24) is 4.98 Å². The summed E-state index contributed by atoms with van der Waals surface area (Å²) in [4.78, 5) is 16.6. The molecule has 0 aliphatic carbocycles. The van der Waals surface area contributed by atoms with Gasteiger partial charge in [0.05, 0.1) is 0 Å². The average molecular weight is 368 g/mol. The van der Waals surface area contributed by atoms with Crippen LogP contribution in [0.1, 0.15) is 36.8 Å². The third kappa shape index (κ3) is 4.29. The molecule has 0 saturated carbocycles. The van der Waals surface area contributed by atoms with Crippen LogP contribution in [0.2, 0.25) is 5.15 Å². The number of nitrogens with one attached hydrogen (secondary N) is 1. The fourth-order valence-electron chi connectivity index (χ4n) is 1.78. The molecule has 3 nitrogen and oxygen atoms in total. The van der Waals surface area contributed by atoms with Crippen LogP contribution in [0.3, 0.4) is 0 Å². The highest BCUT2D eigenvalue weighted by molar-refractivity contribution is 9.10. The molecule has 1 aromatic carbocycles. The van der Waals surface area contributed by atoms with Crippen LogP contribution in [0.4, 0.5) is 5.69 Å². The number of hydrogen-bond acceptors (Lipinski definition) is 2. The first-order chi connectivity index (χ1) is 9.75. The van der Waals surface area contributed by atoms with E-state index in [9.17, 15) is 4.79 Å². The Kier molecular flexibility index (Phi) is 4.69. The second-order valence-electron chi connectivity index (χ2n) is 5.78. The molecule has 0 unspecified atom stereocenters. The first-order valence-electron chi connectivity index (χ1n) is 6.51. The summed E-state index contributed by atoms with van der Waals surface area (Å²) in [5.41, 5.74) is 1.84. The zero-order valence-corrected chi connectivity index (χ0v) is 14.4. The summed E-state index contributed by atoms with van der Waals surface area (Å²) in [6, 6.07) is 10.8. The fourth-order valence-corrected chi connectivity index (χ4v) is 2.39. The van der Waals surface area contributed by atoms with Crippen LogP contribution < -0.4 is 5.32 Å². The van der Waals surface area contributed by atoms with Crippen LogP contribution >= 0.6 is 27.5 Å². The Morgan fingerprint density at radius 2 is 1.95 bits per heavy atom. The lowest BCUT2D eigenvalue weighted by atomic mass is 9.91. The van der Waals surface area contributed by atoms with Gasteiger partial charge in [-0.25, -0.2) is 4.98 Å². The molecule has 1 N–H and O–H groups in total. The second kappa shape index (κ2) is 6.16. The Balaban J connectivity index is 2.29. The van der Waals surface area contributed by atoms with E-state index in [1.165, 1.54) is 0 Å². The summed E-state index contributed by atoms with van der Waals surface area (Å²) in [5.74, 6) is -0.206. The van der Waals surface area contributed by atoms with Crippen molar-refractivity contribution in [3.8, 4) is 0 Å². The third-order valence-corrected chi connectivity index (χ3v) is 3.59. The molecule has 0 fully saturated rings. The predicted octanol–water partition coefficient (Wildman–Crippen LogP) is 5.05. The van der Waals surface area contributed by atoms with Crippen molar-refractivity contribution in [2.75, 3.05) is 5.32 Å². The summed E-state index contributed by atoms with van der Waals surface area (Å²) in [6.07, 6.45) is 0. The van der Waals surface area contributed by atoms with Gasteiger partial charge in [0.25, 0.3) is 5.91 Å². The number of halogens is 2. The van der Waals surface area contributed by atoms with Gasteiger partial charge in [0, 0.05) is 26.8 Å². The van der Waals surface area contributed by atoms with Crippen molar-refractivity contribution < 1.29 is 4.79 Å².